The molecule has 13 heavy (non-hydrogen) atoms. The lowest BCUT2D eigenvalue weighted by molar-refractivity contribution is -0.306. The number of hydrogen-bond acceptors (Lipinski definition) is 2. The van der Waals surface area contributed by atoms with E-state index in [9.17, 15) is 13.2 Å². The van der Waals surface area contributed by atoms with E-state index in [4.69, 9.17) is 5.73 Å². The average molecular weight is 258 g/mol. The number of nitrogens with two attached hydrogens (primary N) is 1. The Morgan fingerprint density at radius 2 is 2.15 bits per heavy atom. The van der Waals surface area contributed by atoms with E-state index in [1.807, 2.05) is 0 Å². The number of alkyl halides is 4. The molecule has 0 saturated heterocycles. The maximum absolute atomic E-state index is 11.7. The number of hydrogen-bond donors (Lipinski definition) is 1. The zero-order valence-electron chi connectivity index (χ0n) is 6.44. The van der Waals surface area contributed by atoms with Gasteiger partial charge >= 0.3 is 6.36 Å². The van der Waals surface area contributed by atoms with Crippen LogP contribution in [0.1, 0.15) is 6.42 Å². The molecule has 0 fully saturated rings. The second-order valence-electron chi connectivity index (χ2n) is 2.64. The van der Waals surface area contributed by atoms with Gasteiger partial charge in [-0.05, 0) is 6.08 Å². The molecule has 0 bridgehead atoms. The third-order valence-corrected chi connectivity index (χ3v) is 1.89. The van der Waals surface area contributed by atoms with Gasteiger partial charge in [0.2, 0.25) is 0 Å². The van der Waals surface area contributed by atoms with Crippen molar-refractivity contribution < 1.29 is 17.9 Å². The minimum atomic E-state index is -4.65. The topological polar surface area (TPSA) is 35.2 Å². The first-order chi connectivity index (χ1) is 5.79. The number of allylic oxidation sites excluding steroid dienone is 2. The van der Waals surface area contributed by atoms with Crippen LogP contribution in [0.2, 0.25) is 0 Å². The smallest absolute Gasteiger partial charge is 0.410 e. The fraction of sp³-hybridized carbons (Fsp3) is 0.429. The second-order valence-corrected chi connectivity index (χ2v) is 4.12. The summed E-state index contributed by atoms with van der Waals surface area (Å²) in [5.74, 6) is -0.200. The van der Waals surface area contributed by atoms with Crippen molar-refractivity contribution in [2.24, 2.45) is 5.73 Å². The summed E-state index contributed by atoms with van der Waals surface area (Å²) in [6.07, 6.45) is -0.474. The Bertz CT molecular complexity index is 257. The van der Waals surface area contributed by atoms with Gasteiger partial charge in [-0.25, -0.2) is 0 Å². The van der Waals surface area contributed by atoms with E-state index in [1.165, 1.54) is 12.2 Å². The third-order valence-electron chi connectivity index (χ3n) is 1.35. The summed E-state index contributed by atoms with van der Waals surface area (Å²) >= 11 is 3.04. The van der Waals surface area contributed by atoms with E-state index < -0.39 is 10.8 Å². The lowest BCUT2D eigenvalue weighted by atomic mass is 10.1. The van der Waals surface area contributed by atoms with E-state index in [2.05, 4.69) is 20.7 Å². The van der Waals surface area contributed by atoms with Gasteiger partial charge < -0.3 is 10.5 Å². The molecule has 2 N–H and O–H groups in total. The van der Waals surface area contributed by atoms with E-state index >= 15 is 0 Å². The molecule has 1 atom stereocenters. The number of ether oxygens (including phenoxy) is 1. The molecule has 0 amide bonds. The van der Waals surface area contributed by atoms with Crippen molar-refractivity contribution >= 4 is 15.9 Å². The number of rotatable bonds is 1. The molecule has 1 unspecified atom stereocenters. The summed E-state index contributed by atoms with van der Waals surface area (Å²) in [4.78, 5) is 0. The molecule has 0 saturated carbocycles. The van der Waals surface area contributed by atoms with Gasteiger partial charge in [0.15, 0.2) is 0 Å². The Morgan fingerprint density at radius 3 is 2.62 bits per heavy atom. The molecule has 1 aliphatic rings. The molecule has 0 spiro atoms. The van der Waals surface area contributed by atoms with E-state index in [0.717, 1.165) is 0 Å². The van der Waals surface area contributed by atoms with Crippen LogP contribution in [0.4, 0.5) is 13.2 Å². The van der Waals surface area contributed by atoms with E-state index in [1.54, 1.807) is 6.08 Å². The average Bonchev–Trinajstić information content (AvgIpc) is 1.79. The highest BCUT2D eigenvalue weighted by Crippen LogP contribution is 2.31. The summed E-state index contributed by atoms with van der Waals surface area (Å²) in [5.41, 5.74) is 5.53. The van der Waals surface area contributed by atoms with Crippen molar-refractivity contribution in [2.45, 2.75) is 17.2 Å². The van der Waals surface area contributed by atoms with Crippen molar-refractivity contribution in [3.63, 3.8) is 0 Å². The molecule has 74 valence electrons. The van der Waals surface area contributed by atoms with Crippen LogP contribution < -0.4 is 5.73 Å². The normalized spacial score (nSPS) is 28.5. The van der Waals surface area contributed by atoms with Gasteiger partial charge in [-0.3, -0.25) is 0 Å². The largest absolute Gasteiger partial charge is 0.572 e. The Hall–Kier alpha value is -0.490. The van der Waals surface area contributed by atoms with Crippen LogP contribution in [0, 0.1) is 0 Å². The Kier molecular flexibility index (Phi) is 2.72. The summed E-state index contributed by atoms with van der Waals surface area (Å²) in [6, 6.07) is 0. The zero-order valence-corrected chi connectivity index (χ0v) is 8.02. The van der Waals surface area contributed by atoms with Gasteiger partial charge in [-0.1, -0.05) is 28.1 Å². The Labute approximate surface area is 81.4 Å². The van der Waals surface area contributed by atoms with Crippen molar-refractivity contribution in [1.29, 1.82) is 0 Å². The lowest BCUT2D eigenvalue weighted by Gasteiger charge is -2.23. The molecule has 1 aliphatic carbocycles. The van der Waals surface area contributed by atoms with Crippen LogP contribution in [0.5, 0.6) is 0 Å². The van der Waals surface area contributed by atoms with Crippen LogP contribution >= 0.6 is 15.9 Å². The molecule has 0 radical (unpaired) electrons. The molecule has 0 aromatic rings. The van der Waals surface area contributed by atoms with Gasteiger partial charge in [0, 0.05) is 6.42 Å². The second kappa shape index (κ2) is 3.34. The van der Waals surface area contributed by atoms with Crippen molar-refractivity contribution in [1.82, 2.24) is 0 Å². The standard InChI is InChI=1S/C7H7BrF3NO/c8-6(12)3-1-2-5(4-6)13-7(9,10)11/h1-3H,4,12H2. The highest BCUT2D eigenvalue weighted by atomic mass is 79.9. The predicted octanol–water partition coefficient (Wildman–Crippen LogP) is 2.42. The molecule has 6 heteroatoms. The molecule has 0 aromatic carbocycles. The molecular formula is C7H7BrF3NO. The first kappa shape index (κ1) is 10.6. The minimum Gasteiger partial charge on any atom is -0.410 e. The summed E-state index contributed by atoms with van der Waals surface area (Å²) in [6.45, 7) is 0. The van der Waals surface area contributed by atoms with E-state index in [0.29, 0.717) is 0 Å². The predicted molar refractivity (Wildman–Crippen MR) is 44.8 cm³/mol. The minimum absolute atomic E-state index is 0.0248. The quantitative estimate of drug-likeness (QED) is 0.579. The first-order valence-corrected chi connectivity index (χ1v) is 4.20. The fourth-order valence-electron chi connectivity index (χ4n) is 0.919. The van der Waals surface area contributed by atoms with Crippen LogP contribution in [0.3, 0.4) is 0 Å². The molecule has 2 nitrogen and oxygen atoms in total. The molecule has 0 aliphatic heterocycles. The lowest BCUT2D eigenvalue weighted by Crippen LogP contribution is -2.32. The third kappa shape index (κ3) is 3.82. The molecular weight excluding hydrogens is 251 g/mol. The SMILES string of the molecule is NC1(Br)C=CC=C(OC(F)(F)F)C1. The zero-order chi connectivity index (χ0) is 10.1. The van der Waals surface area contributed by atoms with Crippen molar-refractivity contribution in [2.75, 3.05) is 0 Å². The summed E-state index contributed by atoms with van der Waals surface area (Å²) in [7, 11) is 0. The Morgan fingerprint density at radius 1 is 1.54 bits per heavy atom. The van der Waals surface area contributed by atoms with Crippen LogP contribution in [-0.4, -0.2) is 10.8 Å². The molecule has 0 heterocycles. The molecule has 0 aromatic heterocycles. The van der Waals surface area contributed by atoms with Crippen LogP contribution in [0.25, 0.3) is 0 Å². The van der Waals surface area contributed by atoms with Gasteiger partial charge in [0.1, 0.15) is 5.76 Å². The van der Waals surface area contributed by atoms with Gasteiger partial charge in [-0.2, -0.15) is 0 Å². The van der Waals surface area contributed by atoms with Gasteiger partial charge in [0.05, 0.1) is 4.45 Å². The van der Waals surface area contributed by atoms with Gasteiger partial charge in [-0.15, -0.1) is 13.2 Å². The monoisotopic (exact) mass is 257 g/mol. The van der Waals surface area contributed by atoms with Crippen molar-refractivity contribution in [3.05, 3.63) is 24.0 Å². The fourth-order valence-corrected chi connectivity index (χ4v) is 1.35. The summed E-state index contributed by atoms with van der Waals surface area (Å²) in [5, 5.41) is 0. The van der Waals surface area contributed by atoms with E-state index in [-0.39, 0.29) is 12.2 Å². The Balaban J connectivity index is 2.64. The highest BCUT2D eigenvalue weighted by molar-refractivity contribution is 9.10. The van der Waals surface area contributed by atoms with Crippen LogP contribution in [0.15, 0.2) is 24.0 Å². The number of halogens is 4. The first-order valence-electron chi connectivity index (χ1n) is 3.40. The maximum Gasteiger partial charge on any atom is 0.572 e. The highest BCUT2D eigenvalue weighted by Gasteiger charge is 2.34. The maximum atomic E-state index is 11.7. The van der Waals surface area contributed by atoms with Gasteiger partial charge in [0.25, 0.3) is 0 Å². The molecule has 1 rings (SSSR count). The van der Waals surface area contributed by atoms with Crippen molar-refractivity contribution in [3.8, 4) is 0 Å². The summed E-state index contributed by atoms with van der Waals surface area (Å²) < 4.78 is 38.0. The van der Waals surface area contributed by atoms with Crippen LogP contribution in [-0.2, 0) is 4.74 Å².